The minimum atomic E-state index is 0.721. The first kappa shape index (κ1) is 12.4. The van der Waals surface area contributed by atoms with E-state index >= 15 is 0 Å². The molecule has 0 radical (unpaired) electrons. The van der Waals surface area contributed by atoms with Gasteiger partial charge in [-0.15, -0.1) is 0 Å². The highest BCUT2D eigenvalue weighted by molar-refractivity contribution is 9.10. The normalized spacial score (nSPS) is 10.3. The van der Waals surface area contributed by atoms with E-state index in [2.05, 4.69) is 33.2 Å². The van der Waals surface area contributed by atoms with Crippen molar-refractivity contribution in [2.24, 2.45) is 0 Å². The van der Waals surface area contributed by atoms with Crippen LogP contribution in [0.15, 0.2) is 41.1 Å². The van der Waals surface area contributed by atoms with E-state index in [-0.39, 0.29) is 0 Å². The largest absolute Gasteiger partial charge is 0.380 e. The van der Waals surface area contributed by atoms with E-state index < -0.39 is 0 Å². The summed E-state index contributed by atoms with van der Waals surface area (Å²) in [7, 11) is 0. The van der Waals surface area contributed by atoms with Crippen LogP contribution in [-0.4, -0.2) is 4.98 Å². The predicted molar refractivity (Wildman–Crippen MR) is 75.5 cm³/mol. The summed E-state index contributed by atoms with van der Waals surface area (Å²) in [4.78, 5) is 4.12. The average Bonchev–Trinajstić information content (AvgIpc) is 2.32. The maximum absolute atomic E-state index is 5.96. The topological polar surface area (TPSA) is 24.9 Å². The number of anilines is 1. The van der Waals surface area contributed by atoms with Crippen molar-refractivity contribution in [2.45, 2.75) is 13.5 Å². The molecule has 2 aromatic rings. The zero-order valence-electron chi connectivity index (χ0n) is 9.37. The number of hydrogen-bond acceptors (Lipinski definition) is 2. The number of hydrogen-bond donors (Lipinski definition) is 1. The first-order chi connectivity index (χ1) is 8.16. The SMILES string of the molecule is Cc1ccncc1CNc1cc(Cl)ccc1Br. The molecule has 0 aliphatic rings. The van der Waals surface area contributed by atoms with Crippen LogP contribution in [0.25, 0.3) is 0 Å². The maximum atomic E-state index is 5.96. The van der Waals surface area contributed by atoms with Gasteiger partial charge in [0, 0.05) is 28.4 Å². The molecular formula is C13H12BrClN2. The number of rotatable bonds is 3. The summed E-state index contributed by atoms with van der Waals surface area (Å²) in [6, 6.07) is 7.69. The molecule has 0 saturated carbocycles. The third kappa shape index (κ3) is 3.20. The van der Waals surface area contributed by atoms with Gasteiger partial charge in [-0.2, -0.15) is 0 Å². The second kappa shape index (κ2) is 5.52. The average molecular weight is 312 g/mol. The standard InChI is InChI=1S/C13H12BrClN2/c1-9-4-5-16-7-10(9)8-17-13-6-11(15)2-3-12(13)14/h2-7,17H,8H2,1H3. The lowest BCUT2D eigenvalue weighted by atomic mass is 10.1. The van der Waals surface area contributed by atoms with E-state index in [1.54, 1.807) is 6.20 Å². The molecule has 88 valence electrons. The minimum absolute atomic E-state index is 0.721. The lowest BCUT2D eigenvalue weighted by Crippen LogP contribution is -2.02. The summed E-state index contributed by atoms with van der Waals surface area (Å²) < 4.78 is 1.00. The first-order valence-corrected chi connectivity index (χ1v) is 6.42. The van der Waals surface area contributed by atoms with Crippen molar-refractivity contribution in [1.29, 1.82) is 0 Å². The predicted octanol–water partition coefficient (Wildman–Crippen LogP) is 4.42. The molecule has 1 aromatic heterocycles. The van der Waals surface area contributed by atoms with Crippen LogP contribution in [0.1, 0.15) is 11.1 Å². The second-order valence-electron chi connectivity index (χ2n) is 3.78. The second-order valence-corrected chi connectivity index (χ2v) is 5.07. The van der Waals surface area contributed by atoms with Gasteiger partial charge in [-0.1, -0.05) is 11.6 Å². The van der Waals surface area contributed by atoms with Gasteiger partial charge >= 0.3 is 0 Å². The molecule has 0 spiro atoms. The molecule has 0 saturated heterocycles. The van der Waals surface area contributed by atoms with Gasteiger partial charge in [0.25, 0.3) is 0 Å². The van der Waals surface area contributed by atoms with E-state index in [1.807, 2.05) is 30.5 Å². The van der Waals surface area contributed by atoms with Crippen LogP contribution in [0.2, 0.25) is 5.02 Å². The Morgan fingerprint density at radius 1 is 1.35 bits per heavy atom. The summed E-state index contributed by atoms with van der Waals surface area (Å²) in [5, 5.41) is 4.06. The van der Waals surface area contributed by atoms with E-state index in [1.165, 1.54) is 11.1 Å². The van der Waals surface area contributed by atoms with Crippen molar-refractivity contribution in [1.82, 2.24) is 4.98 Å². The third-order valence-corrected chi connectivity index (χ3v) is 3.47. The number of pyridine rings is 1. The van der Waals surface area contributed by atoms with Crippen molar-refractivity contribution in [3.05, 3.63) is 57.3 Å². The molecule has 0 unspecified atom stereocenters. The summed E-state index contributed by atoms with van der Waals surface area (Å²) in [5.74, 6) is 0. The zero-order chi connectivity index (χ0) is 12.3. The first-order valence-electron chi connectivity index (χ1n) is 5.25. The quantitative estimate of drug-likeness (QED) is 0.907. The van der Waals surface area contributed by atoms with Crippen LogP contribution in [0.3, 0.4) is 0 Å². The van der Waals surface area contributed by atoms with Crippen molar-refractivity contribution in [3.8, 4) is 0 Å². The molecule has 0 aliphatic carbocycles. The molecule has 1 heterocycles. The Hall–Kier alpha value is -1.06. The number of nitrogens with one attached hydrogen (secondary N) is 1. The molecule has 2 nitrogen and oxygen atoms in total. The van der Waals surface area contributed by atoms with Crippen LogP contribution in [0.4, 0.5) is 5.69 Å². The molecule has 1 N–H and O–H groups in total. The fourth-order valence-electron chi connectivity index (χ4n) is 1.51. The van der Waals surface area contributed by atoms with Gasteiger partial charge < -0.3 is 5.32 Å². The van der Waals surface area contributed by atoms with Gasteiger partial charge in [0.1, 0.15) is 0 Å². The highest BCUT2D eigenvalue weighted by Crippen LogP contribution is 2.26. The van der Waals surface area contributed by atoms with Crippen LogP contribution < -0.4 is 5.32 Å². The Balaban J connectivity index is 2.12. The van der Waals surface area contributed by atoms with Gasteiger partial charge in [0.2, 0.25) is 0 Å². The summed E-state index contributed by atoms with van der Waals surface area (Å²) >= 11 is 9.44. The number of benzene rings is 1. The van der Waals surface area contributed by atoms with Gasteiger partial charge in [0.05, 0.1) is 5.69 Å². The number of nitrogens with zero attached hydrogens (tertiary/aromatic N) is 1. The Morgan fingerprint density at radius 3 is 2.94 bits per heavy atom. The van der Waals surface area contributed by atoms with E-state index in [0.717, 1.165) is 21.7 Å². The summed E-state index contributed by atoms with van der Waals surface area (Å²) in [5.41, 5.74) is 3.39. The fourth-order valence-corrected chi connectivity index (χ4v) is 2.06. The molecule has 0 aliphatic heterocycles. The Kier molecular flexibility index (Phi) is 4.02. The summed E-state index contributed by atoms with van der Waals surface area (Å²) in [6.07, 6.45) is 3.68. The van der Waals surface area contributed by atoms with Gasteiger partial charge in [0.15, 0.2) is 0 Å². The van der Waals surface area contributed by atoms with Gasteiger partial charge in [-0.05, 0) is 58.2 Å². The van der Waals surface area contributed by atoms with Crippen LogP contribution in [-0.2, 0) is 6.54 Å². The van der Waals surface area contributed by atoms with E-state index in [9.17, 15) is 0 Å². The Labute approximate surface area is 114 Å². The number of aryl methyl sites for hydroxylation is 1. The van der Waals surface area contributed by atoms with Crippen molar-refractivity contribution < 1.29 is 0 Å². The minimum Gasteiger partial charge on any atom is -0.380 e. The van der Waals surface area contributed by atoms with E-state index in [4.69, 9.17) is 11.6 Å². The lowest BCUT2D eigenvalue weighted by molar-refractivity contribution is 1.08. The third-order valence-electron chi connectivity index (χ3n) is 2.55. The number of aromatic nitrogens is 1. The Bertz CT molecular complexity index is 529. The van der Waals surface area contributed by atoms with Crippen LogP contribution >= 0.6 is 27.5 Å². The fraction of sp³-hybridized carbons (Fsp3) is 0.154. The van der Waals surface area contributed by atoms with Crippen LogP contribution in [0, 0.1) is 6.92 Å². The van der Waals surface area contributed by atoms with Crippen LogP contribution in [0.5, 0.6) is 0 Å². The van der Waals surface area contributed by atoms with Gasteiger partial charge in [-0.3, -0.25) is 4.98 Å². The van der Waals surface area contributed by atoms with Crippen molar-refractivity contribution in [2.75, 3.05) is 5.32 Å². The molecule has 0 bridgehead atoms. The molecule has 1 aromatic carbocycles. The zero-order valence-corrected chi connectivity index (χ0v) is 11.7. The van der Waals surface area contributed by atoms with Gasteiger partial charge in [-0.25, -0.2) is 0 Å². The molecular weight excluding hydrogens is 300 g/mol. The molecule has 2 rings (SSSR count). The highest BCUT2D eigenvalue weighted by atomic mass is 79.9. The highest BCUT2D eigenvalue weighted by Gasteiger charge is 2.02. The molecule has 4 heteroatoms. The monoisotopic (exact) mass is 310 g/mol. The lowest BCUT2D eigenvalue weighted by Gasteiger charge is -2.10. The molecule has 0 amide bonds. The van der Waals surface area contributed by atoms with Crippen molar-refractivity contribution in [3.63, 3.8) is 0 Å². The van der Waals surface area contributed by atoms with Crippen molar-refractivity contribution >= 4 is 33.2 Å². The number of halogens is 2. The molecule has 0 fully saturated rings. The molecule has 0 atom stereocenters. The maximum Gasteiger partial charge on any atom is 0.0502 e. The molecule has 17 heavy (non-hydrogen) atoms. The smallest absolute Gasteiger partial charge is 0.0502 e. The van der Waals surface area contributed by atoms with E-state index in [0.29, 0.717) is 0 Å². The Morgan fingerprint density at radius 2 is 2.18 bits per heavy atom. The summed E-state index contributed by atoms with van der Waals surface area (Å²) in [6.45, 7) is 2.81.